The molecule has 0 amide bonds. The van der Waals surface area contributed by atoms with E-state index in [1.807, 2.05) is 19.1 Å². The minimum atomic E-state index is 0.128. The van der Waals surface area contributed by atoms with Crippen molar-refractivity contribution < 1.29 is 9.84 Å². The van der Waals surface area contributed by atoms with Gasteiger partial charge in [0, 0.05) is 12.1 Å². The van der Waals surface area contributed by atoms with Crippen LogP contribution in [0.25, 0.3) is 0 Å². The summed E-state index contributed by atoms with van der Waals surface area (Å²) in [6, 6.07) is 5.77. The van der Waals surface area contributed by atoms with Gasteiger partial charge in [-0.3, -0.25) is 0 Å². The van der Waals surface area contributed by atoms with E-state index in [2.05, 4.69) is 5.32 Å². The topological polar surface area (TPSA) is 41.5 Å². The Labute approximate surface area is 83.7 Å². The zero-order valence-corrected chi connectivity index (χ0v) is 8.29. The number of aryl methyl sites for hydroxylation is 1. The number of morpholine rings is 1. The van der Waals surface area contributed by atoms with Crippen LogP contribution in [0, 0.1) is 6.92 Å². The third-order valence-corrected chi connectivity index (χ3v) is 2.48. The van der Waals surface area contributed by atoms with Crippen LogP contribution in [0.5, 0.6) is 5.75 Å². The molecule has 1 unspecified atom stereocenters. The Morgan fingerprint density at radius 3 is 3.07 bits per heavy atom. The van der Waals surface area contributed by atoms with E-state index in [0.29, 0.717) is 12.4 Å². The molecule has 0 saturated carbocycles. The standard InChI is InChI=1S/C11H15NO2/c1-8-2-3-11(13)9(6-8)10-7-14-5-4-12-10/h2-3,6,10,12-13H,4-5,7H2,1H3. The van der Waals surface area contributed by atoms with Crippen molar-refractivity contribution in [3.63, 3.8) is 0 Å². The van der Waals surface area contributed by atoms with Crippen molar-refractivity contribution in [2.24, 2.45) is 0 Å². The van der Waals surface area contributed by atoms with Gasteiger partial charge in [-0.15, -0.1) is 0 Å². The van der Waals surface area contributed by atoms with Crippen LogP contribution in [0.15, 0.2) is 18.2 Å². The summed E-state index contributed by atoms with van der Waals surface area (Å²) in [7, 11) is 0. The van der Waals surface area contributed by atoms with Gasteiger partial charge >= 0.3 is 0 Å². The highest BCUT2D eigenvalue weighted by molar-refractivity contribution is 5.38. The summed E-state index contributed by atoms with van der Waals surface area (Å²) in [5.74, 6) is 0.346. The molecule has 14 heavy (non-hydrogen) atoms. The SMILES string of the molecule is Cc1ccc(O)c(C2COCCN2)c1. The molecular formula is C11H15NO2. The largest absolute Gasteiger partial charge is 0.508 e. The Bertz CT molecular complexity index is 319. The monoisotopic (exact) mass is 193 g/mol. The molecule has 1 atom stereocenters. The summed E-state index contributed by atoms with van der Waals surface area (Å²) in [6.45, 7) is 4.25. The average Bonchev–Trinajstić information content (AvgIpc) is 2.23. The van der Waals surface area contributed by atoms with E-state index in [0.717, 1.165) is 24.3 Å². The van der Waals surface area contributed by atoms with Crippen molar-refractivity contribution in [2.75, 3.05) is 19.8 Å². The Hall–Kier alpha value is -1.06. The Morgan fingerprint density at radius 1 is 1.50 bits per heavy atom. The third-order valence-electron chi connectivity index (χ3n) is 2.48. The predicted octanol–water partition coefficient (Wildman–Crippen LogP) is 1.36. The van der Waals surface area contributed by atoms with Crippen molar-refractivity contribution in [3.05, 3.63) is 29.3 Å². The molecule has 1 aromatic rings. The molecular weight excluding hydrogens is 178 g/mol. The lowest BCUT2D eigenvalue weighted by Crippen LogP contribution is -2.34. The molecule has 76 valence electrons. The minimum absolute atomic E-state index is 0.128. The molecule has 1 aromatic carbocycles. The quantitative estimate of drug-likeness (QED) is 0.707. The number of hydrogen-bond acceptors (Lipinski definition) is 3. The van der Waals surface area contributed by atoms with Crippen LogP contribution in [0.4, 0.5) is 0 Å². The van der Waals surface area contributed by atoms with Gasteiger partial charge < -0.3 is 15.2 Å². The van der Waals surface area contributed by atoms with Crippen LogP contribution in [-0.2, 0) is 4.74 Å². The van der Waals surface area contributed by atoms with Crippen LogP contribution >= 0.6 is 0 Å². The lowest BCUT2D eigenvalue weighted by atomic mass is 10.0. The number of phenols is 1. The van der Waals surface area contributed by atoms with Crippen molar-refractivity contribution in [1.82, 2.24) is 5.32 Å². The predicted molar refractivity (Wildman–Crippen MR) is 54.4 cm³/mol. The smallest absolute Gasteiger partial charge is 0.120 e. The molecule has 1 fully saturated rings. The molecule has 1 saturated heterocycles. The van der Waals surface area contributed by atoms with Crippen molar-refractivity contribution in [1.29, 1.82) is 0 Å². The first-order valence-electron chi connectivity index (χ1n) is 4.88. The van der Waals surface area contributed by atoms with Crippen LogP contribution in [0.2, 0.25) is 0 Å². The molecule has 2 rings (SSSR count). The molecule has 0 spiro atoms. The highest BCUT2D eigenvalue weighted by Gasteiger charge is 2.18. The number of hydrogen-bond donors (Lipinski definition) is 2. The molecule has 3 heteroatoms. The van der Waals surface area contributed by atoms with Gasteiger partial charge in [0.05, 0.1) is 19.3 Å². The highest BCUT2D eigenvalue weighted by atomic mass is 16.5. The molecule has 0 radical (unpaired) electrons. The molecule has 0 aliphatic carbocycles. The summed E-state index contributed by atoms with van der Waals surface area (Å²) in [5.41, 5.74) is 2.09. The second kappa shape index (κ2) is 3.98. The van der Waals surface area contributed by atoms with Gasteiger partial charge in [-0.05, 0) is 13.0 Å². The first kappa shape index (κ1) is 9.49. The zero-order valence-electron chi connectivity index (χ0n) is 8.29. The molecule has 1 heterocycles. The third kappa shape index (κ3) is 1.89. The molecule has 0 bridgehead atoms. The van der Waals surface area contributed by atoms with Crippen molar-refractivity contribution in [3.8, 4) is 5.75 Å². The first-order chi connectivity index (χ1) is 6.77. The number of rotatable bonds is 1. The van der Waals surface area contributed by atoms with Gasteiger partial charge in [-0.2, -0.15) is 0 Å². The van der Waals surface area contributed by atoms with Crippen molar-refractivity contribution >= 4 is 0 Å². The summed E-state index contributed by atoms with van der Waals surface area (Å²) in [6.07, 6.45) is 0. The maximum atomic E-state index is 9.69. The van der Waals surface area contributed by atoms with Gasteiger partial charge in [0.2, 0.25) is 0 Å². The molecule has 1 aliphatic rings. The summed E-state index contributed by atoms with van der Waals surface area (Å²) in [4.78, 5) is 0. The van der Waals surface area contributed by atoms with Gasteiger partial charge in [0.15, 0.2) is 0 Å². The van der Waals surface area contributed by atoms with Crippen LogP contribution in [0.3, 0.4) is 0 Å². The van der Waals surface area contributed by atoms with E-state index in [-0.39, 0.29) is 6.04 Å². The Kier molecular flexibility index (Phi) is 2.70. The van der Waals surface area contributed by atoms with E-state index in [9.17, 15) is 5.11 Å². The molecule has 2 N–H and O–H groups in total. The number of aromatic hydroxyl groups is 1. The number of phenolic OH excluding ortho intramolecular Hbond substituents is 1. The fourth-order valence-corrected chi connectivity index (χ4v) is 1.72. The summed E-state index contributed by atoms with van der Waals surface area (Å²) >= 11 is 0. The maximum absolute atomic E-state index is 9.69. The minimum Gasteiger partial charge on any atom is -0.508 e. The van der Waals surface area contributed by atoms with E-state index >= 15 is 0 Å². The van der Waals surface area contributed by atoms with E-state index < -0.39 is 0 Å². The fourth-order valence-electron chi connectivity index (χ4n) is 1.72. The van der Waals surface area contributed by atoms with E-state index in [4.69, 9.17) is 4.74 Å². The normalized spacial score (nSPS) is 22.2. The summed E-state index contributed by atoms with van der Waals surface area (Å²) in [5, 5.41) is 13.0. The molecule has 0 aromatic heterocycles. The van der Waals surface area contributed by atoms with E-state index in [1.54, 1.807) is 6.07 Å². The second-order valence-corrected chi connectivity index (χ2v) is 3.64. The lowest BCUT2D eigenvalue weighted by Gasteiger charge is -2.24. The fraction of sp³-hybridized carbons (Fsp3) is 0.455. The Balaban J connectivity index is 2.24. The summed E-state index contributed by atoms with van der Waals surface area (Å²) < 4.78 is 5.36. The van der Waals surface area contributed by atoms with Crippen LogP contribution in [0.1, 0.15) is 17.2 Å². The number of nitrogens with one attached hydrogen (secondary N) is 1. The highest BCUT2D eigenvalue weighted by Crippen LogP contribution is 2.26. The number of ether oxygens (including phenoxy) is 1. The lowest BCUT2D eigenvalue weighted by molar-refractivity contribution is 0.0761. The van der Waals surface area contributed by atoms with Gasteiger partial charge in [-0.1, -0.05) is 17.7 Å². The molecule has 3 nitrogen and oxygen atoms in total. The number of benzene rings is 1. The van der Waals surface area contributed by atoms with Gasteiger partial charge in [0.25, 0.3) is 0 Å². The van der Waals surface area contributed by atoms with Crippen molar-refractivity contribution in [2.45, 2.75) is 13.0 Å². The second-order valence-electron chi connectivity index (χ2n) is 3.64. The van der Waals surface area contributed by atoms with Crippen LogP contribution in [-0.4, -0.2) is 24.9 Å². The van der Waals surface area contributed by atoms with Gasteiger partial charge in [0.1, 0.15) is 5.75 Å². The Morgan fingerprint density at radius 2 is 2.36 bits per heavy atom. The maximum Gasteiger partial charge on any atom is 0.120 e. The first-order valence-corrected chi connectivity index (χ1v) is 4.88. The zero-order chi connectivity index (χ0) is 9.97. The average molecular weight is 193 g/mol. The van der Waals surface area contributed by atoms with Gasteiger partial charge in [-0.25, -0.2) is 0 Å². The van der Waals surface area contributed by atoms with E-state index in [1.165, 1.54) is 0 Å². The van der Waals surface area contributed by atoms with Crippen LogP contribution < -0.4 is 5.32 Å². The molecule has 1 aliphatic heterocycles.